The Morgan fingerprint density at radius 2 is 1.27 bits per heavy atom. The van der Waals surface area contributed by atoms with Crippen molar-refractivity contribution in [3.05, 3.63) is 150 Å². The summed E-state index contributed by atoms with van der Waals surface area (Å²) in [5, 5.41) is 2.94. The van der Waals surface area contributed by atoms with E-state index in [0.29, 0.717) is 16.8 Å². The van der Waals surface area contributed by atoms with Crippen LogP contribution < -0.4 is 14.9 Å². The minimum atomic E-state index is -4.19. The molecule has 0 fully saturated rings. The lowest BCUT2D eigenvalue weighted by molar-refractivity contribution is 0.0981. The molecule has 0 bridgehead atoms. The second-order valence-electron chi connectivity index (χ2n) is 11.7. The van der Waals surface area contributed by atoms with E-state index in [2.05, 4.69) is 30.8 Å². The molecule has 7 nitrogen and oxygen atoms in total. The standard InChI is InChI=1S/C37H35N3O4S/c1-37(2,3)30-24-22-29(23-25-30)35(41)39-45(43,44)34-17-11-10-16-33(34)28-20-18-27(19-21-28)26-40(32-14-8-5-9-15-32)36(42)38-31-12-6-4-7-13-31/h4-25H,26H2,1-3H3,(H,38,42)(H,39,41). The SMILES string of the molecule is CC(C)(C)c1ccc(C(=O)NS(=O)(=O)c2ccccc2-c2ccc(CN(C(=O)Nc3ccccc3)c3ccccc3)cc2)cc1. The predicted molar refractivity (Wildman–Crippen MR) is 180 cm³/mol. The quantitative estimate of drug-likeness (QED) is 0.184. The maximum Gasteiger partial charge on any atom is 0.326 e. The summed E-state index contributed by atoms with van der Waals surface area (Å²) in [5.41, 5.74) is 4.58. The van der Waals surface area contributed by atoms with Crippen LogP contribution in [0.1, 0.15) is 42.3 Å². The first kappa shape index (κ1) is 31.2. The van der Waals surface area contributed by atoms with Gasteiger partial charge in [0.05, 0.1) is 11.4 Å². The van der Waals surface area contributed by atoms with Crippen LogP contribution in [0.25, 0.3) is 11.1 Å². The molecule has 5 aromatic rings. The number of hydrogen-bond acceptors (Lipinski definition) is 4. The lowest BCUT2D eigenvalue weighted by Gasteiger charge is -2.23. The second kappa shape index (κ2) is 13.2. The van der Waals surface area contributed by atoms with Crippen molar-refractivity contribution in [2.75, 3.05) is 10.2 Å². The molecule has 0 aliphatic carbocycles. The summed E-state index contributed by atoms with van der Waals surface area (Å²) in [6, 6.07) is 39.2. The third kappa shape index (κ3) is 7.66. The van der Waals surface area contributed by atoms with Gasteiger partial charge in [0.2, 0.25) is 0 Å². The molecule has 5 rings (SSSR count). The van der Waals surface area contributed by atoms with Gasteiger partial charge in [0.1, 0.15) is 0 Å². The highest BCUT2D eigenvalue weighted by Crippen LogP contribution is 2.29. The summed E-state index contributed by atoms with van der Waals surface area (Å²) in [6.07, 6.45) is 0. The minimum Gasteiger partial charge on any atom is -0.308 e. The molecule has 45 heavy (non-hydrogen) atoms. The average Bonchev–Trinajstić information content (AvgIpc) is 3.04. The molecule has 0 atom stereocenters. The zero-order chi connectivity index (χ0) is 32.0. The molecule has 3 amide bonds. The minimum absolute atomic E-state index is 0.00874. The van der Waals surface area contributed by atoms with Crippen molar-refractivity contribution in [1.29, 1.82) is 0 Å². The van der Waals surface area contributed by atoms with Crippen molar-refractivity contribution in [2.45, 2.75) is 37.6 Å². The number of sulfonamides is 1. The molecule has 0 saturated heterocycles. The van der Waals surface area contributed by atoms with Gasteiger partial charge in [-0.15, -0.1) is 0 Å². The van der Waals surface area contributed by atoms with Gasteiger partial charge >= 0.3 is 6.03 Å². The van der Waals surface area contributed by atoms with Gasteiger partial charge in [-0.25, -0.2) is 17.9 Å². The molecule has 2 N–H and O–H groups in total. The van der Waals surface area contributed by atoms with E-state index < -0.39 is 15.9 Å². The van der Waals surface area contributed by atoms with Gasteiger partial charge in [-0.2, -0.15) is 0 Å². The summed E-state index contributed by atoms with van der Waals surface area (Å²) in [4.78, 5) is 27.9. The molecular formula is C37H35N3O4S. The zero-order valence-corrected chi connectivity index (χ0v) is 26.2. The average molecular weight is 618 g/mol. The van der Waals surface area contributed by atoms with E-state index in [-0.39, 0.29) is 28.4 Å². The molecule has 0 aliphatic heterocycles. The summed E-state index contributed by atoms with van der Waals surface area (Å²) in [7, 11) is -4.19. The topological polar surface area (TPSA) is 95.6 Å². The van der Waals surface area contributed by atoms with Crippen molar-refractivity contribution in [3.8, 4) is 11.1 Å². The van der Waals surface area contributed by atoms with E-state index in [4.69, 9.17) is 0 Å². The molecule has 0 heterocycles. The molecular weight excluding hydrogens is 582 g/mol. The molecule has 228 valence electrons. The zero-order valence-electron chi connectivity index (χ0n) is 25.4. The van der Waals surface area contributed by atoms with Crippen molar-refractivity contribution in [1.82, 2.24) is 4.72 Å². The van der Waals surface area contributed by atoms with Gasteiger partial charge in [-0.1, -0.05) is 112 Å². The van der Waals surface area contributed by atoms with Crippen molar-refractivity contribution >= 4 is 33.3 Å². The molecule has 0 radical (unpaired) electrons. The summed E-state index contributed by atoms with van der Waals surface area (Å²) < 4.78 is 29.1. The Morgan fingerprint density at radius 1 is 0.689 bits per heavy atom. The van der Waals surface area contributed by atoms with E-state index >= 15 is 0 Å². The van der Waals surface area contributed by atoms with Crippen LogP contribution in [0.2, 0.25) is 0 Å². The number of urea groups is 1. The van der Waals surface area contributed by atoms with Crippen LogP contribution in [-0.4, -0.2) is 20.4 Å². The predicted octanol–water partition coefficient (Wildman–Crippen LogP) is 8.01. The largest absolute Gasteiger partial charge is 0.326 e. The maximum absolute atomic E-state index is 13.4. The second-order valence-corrected chi connectivity index (χ2v) is 13.3. The van der Waals surface area contributed by atoms with E-state index in [0.717, 1.165) is 16.8 Å². The number of anilines is 2. The van der Waals surface area contributed by atoms with Crippen LogP contribution in [0.5, 0.6) is 0 Å². The normalized spacial score (nSPS) is 11.4. The van der Waals surface area contributed by atoms with Crippen molar-refractivity contribution < 1.29 is 18.0 Å². The Kier molecular flexibility index (Phi) is 9.16. The fourth-order valence-electron chi connectivity index (χ4n) is 4.87. The van der Waals surface area contributed by atoms with Crippen LogP contribution in [0.15, 0.2) is 138 Å². The van der Waals surface area contributed by atoms with Gasteiger partial charge in [0.15, 0.2) is 0 Å². The van der Waals surface area contributed by atoms with Crippen molar-refractivity contribution in [3.63, 3.8) is 0 Å². The summed E-state index contributed by atoms with van der Waals surface area (Å²) in [6.45, 7) is 6.49. The Hall–Kier alpha value is -5.21. The number of carbonyl (C=O) groups excluding carboxylic acids is 2. The van der Waals surface area contributed by atoms with E-state index in [1.165, 1.54) is 6.07 Å². The van der Waals surface area contributed by atoms with Gasteiger partial charge in [-0.05, 0) is 64.6 Å². The summed E-state index contributed by atoms with van der Waals surface area (Å²) in [5.74, 6) is -0.699. The first-order valence-corrected chi connectivity index (χ1v) is 16.0. The number of nitrogens with zero attached hydrogens (tertiary/aromatic N) is 1. The Morgan fingerprint density at radius 3 is 1.89 bits per heavy atom. The molecule has 0 unspecified atom stereocenters. The highest BCUT2D eigenvalue weighted by Gasteiger charge is 2.23. The number of carbonyl (C=O) groups is 2. The number of benzene rings is 5. The molecule has 0 saturated carbocycles. The van der Waals surface area contributed by atoms with E-state index in [1.54, 1.807) is 35.2 Å². The summed E-state index contributed by atoms with van der Waals surface area (Å²) >= 11 is 0. The van der Waals surface area contributed by atoms with Crippen molar-refractivity contribution in [2.24, 2.45) is 0 Å². The van der Waals surface area contributed by atoms with Gasteiger partial charge < -0.3 is 5.32 Å². The lowest BCUT2D eigenvalue weighted by atomic mass is 9.87. The number of nitrogens with one attached hydrogen (secondary N) is 2. The third-order valence-corrected chi connectivity index (χ3v) is 8.75. The smallest absolute Gasteiger partial charge is 0.308 e. The Labute approximate surface area is 264 Å². The number of rotatable bonds is 8. The monoisotopic (exact) mass is 617 g/mol. The fourth-order valence-corrected chi connectivity index (χ4v) is 6.08. The molecule has 5 aromatic carbocycles. The number of para-hydroxylation sites is 2. The third-order valence-electron chi connectivity index (χ3n) is 7.36. The van der Waals surface area contributed by atoms with Gasteiger partial charge in [0.25, 0.3) is 15.9 Å². The number of amides is 3. The first-order chi connectivity index (χ1) is 21.5. The van der Waals surface area contributed by atoms with Crippen LogP contribution in [0, 0.1) is 0 Å². The molecule has 0 spiro atoms. The number of hydrogen-bond donors (Lipinski definition) is 2. The first-order valence-electron chi connectivity index (χ1n) is 14.6. The highest BCUT2D eigenvalue weighted by molar-refractivity contribution is 7.90. The van der Waals surface area contributed by atoms with Crippen LogP contribution >= 0.6 is 0 Å². The van der Waals surface area contributed by atoms with Gasteiger partial charge in [-0.3, -0.25) is 9.69 Å². The molecule has 0 aliphatic rings. The van der Waals surface area contributed by atoms with E-state index in [1.807, 2.05) is 97.1 Å². The Bertz CT molecular complexity index is 1880. The van der Waals surface area contributed by atoms with Crippen LogP contribution in [-0.2, 0) is 22.0 Å². The van der Waals surface area contributed by atoms with Crippen LogP contribution in [0.3, 0.4) is 0 Å². The Balaban J connectivity index is 1.36. The fraction of sp³-hybridized carbons (Fsp3) is 0.135. The van der Waals surface area contributed by atoms with Crippen LogP contribution in [0.4, 0.5) is 16.2 Å². The van der Waals surface area contributed by atoms with E-state index in [9.17, 15) is 18.0 Å². The maximum atomic E-state index is 13.4. The molecule has 8 heteroatoms. The molecule has 0 aromatic heterocycles. The lowest BCUT2D eigenvalue weighted by Crippen LogP contribution is -2.34. The van der Waals surface area contributed by atoms with Gasteiger partial charge in [0, 0.05) is 22.5 Å². The highest BCUT2D eigenvalue weighted by atomic mass is 32.2.